The van der Waals surface area contributed by atoms with Gasteiger partial charge in [-0.05, 0) is 30.9 Å². The Morgan fingerprint density at radius 3 is 2.79 bits per heavy atom. The van der Waals surface area contributed by atoms with Crippen molar-refractivity contribution in [3.63, 3.8) is 0 Å². The van der Waals surface area contributed by atoms with Gasteiger partial charge in [0.15, 0.2) is 0 Å². The lowest BCUT2D eigenvalue weighted by Crippen LogP contribution is -2.09. The molecule has 0 bridgehead atoms. The molecule has 0 aromatic carbocycles. The summed E-state index contributed by atoms with van der Waals surface area (Å²) < 4.78 is 59.7. The van der Waals surface area contributed by atoms with E-state index in [4.69, 9.17) is 0 Å². The molecule has 3 aromatic rings. The molecule has 0 spiro atoms. The molecule has 4 rings (SSSR count). The van der Waals surface area contributed by atoms with E-state index in [0.29, 0.717) is 11.7 Å². The maximum Gasteiger partial charge on any atom is 0.471 e. The first-order valence-corrected chi connectivity index (χ1v) is 10.3. The van der Waals surface area contributed by atoms with Gasteiger partial charge in [0.25, 0.3) is 0 Å². The Morgan fingerprint density at radius 1 is 1.39 bits per heavy atom. The Labute approximate surface area is 156 Å². The number of halogens is 3. The smallest absolute Gasteiger partial charge is 0.329 e. The zero-order valence-corrected chi connectivity index (χ0v) is 15.3. The van der Waals surface area contributed by atoms with Crippen LogP contribution >= 0.6 is 0 Å². The fourth-order valence-electron chi connectivity index (χ4n) is 2.66. The number of amides is 1. The van der Waals surface area contributed by atoms with Crippen LogP contribution in [0.4, 0.5) is 13.2 Å². The number of hydrogen-bond donors (Lipinski definition) is 0. The van der Waals surface area contributed by atoms with Crippen LogP contribution in [-0.2, 0) is 15.9 Å². The van der Waals surface area contributed by atoms with Crippen LogP contribution in [0.25, 0.3) is 17.0 Å². The molecule has 0 N–H and O–H groups in total. The number of fused-ring (bicyclic) bond motifs is 1. The van der Waals surface area contributed by atoms with Crippen molar-refractivity contribution in [1.29, 1.82) is 0 Å². The van der Waals surface area contributed by atoms with Crippen molar-refractivity contribution in [3.8, 4) is 11.4 Å². The minimum absolute atomic E-state index is 0.00776. The lowest BCUT2D eigenvalue weighted by Gasteiger charge is -2.00. The van der Waals surface area contributed by atoms with Gasteiger partial charge in [-0.3, -0.25) is 4.79 Å². The molecule has 8 nitrogen and oxygen atoms in total. The van der Waals surface area contributed by atoms with Gasteiger partial charge >= 0.3 is 18.0 Å². The normalized spacial score (nSPS) is 16.9. The first-order valence-electron chi connectivity index (χ1n) is 8.25. The topological polar surface area (TPSA) is 103 Å². The van der Waals surface area contributed by atoms with Crippen molar-refractivity contribution in [3.05, 3.63) is 36.1 Å². The van der Waals surface area contributed by atoms with Crippen molar-refractivity contribution in [1.82, 2.24) is 19.5 Å². The van der Waals surface area contributed by atoms with Gasteiger partial charge in [-0.1, -0.05) is 5.16 Å². The molecule has 3 heterocycles. The summed E-state index contributed by atoms with van der Waals surface area (Å²) in [5.74, 6) is -1.66. The SMILES string of the molecule is CS(=O)(CC1CC1)=NC(=O)c1cn2ccc(-c3noc(C(F)(F)F)n3)cc2n1. The number of aromatic nitrogens is 4. The highest BCUT2D eigenvalue weighted by atomic mass is 32.2. The van der Waals surface area contributed by atoms with Gasteiger partial charge in [0.1, 0.15) is 11.3 Å². The highest BCUT2D eigenvalue weighted by Crippen LogP contribution is 2.31. The molecule has 0 aliphatic heterocycles. The third-order valence-corrected chi connectivity index (χ3v) is 5.77. The minimum atomic E-state index is -4.74. The number of carbonyl (C=O) groups is 1. The lowest BCUT2D eigenvalue weighted by molar-refractivity contribution is -0.159. The maximum absolute atomic E-state index is 12.6. The molecule has 0 saturated heterocycles. The van der Waals surface area contributed by atoms with Crippen LogP contribution in [-0.4, -0.2) is 41.7 Å². The number of alkyl halides is 3. The predicted molar refractivity (Wildman–Crippen MR) is 91.9 cm³/mol. The fraction of sp³-hybridized carbons (Fsp3) is 0.375. The Balaban J connectivity index is 1.63. The summed E-state index contributed by atoms with van der Waals surface area (Å²) >= 11 is 0. The van der Waals surface area contributed by atoms with E-state index in [1.54, 1.807) is 0 Å². The van der Waals surface area contributed by atoms with Crippen LogP contribution in [0.1, 0.15) is 29.2 Å². The lowest BCUT2D eigenvalue weighted by atomic mass is 10.2. The summed E-state index contributed by atoms with van der Waals surface area (Å²) in [6, 6.07) is 2.87. The van der Waals surface area contributed by atoms with Crippen molar-refractivity contribution < 1.29 is 26.7 Å². The second kappa shape index (κ2) is 6.40. The first-order chi connectivity index (χ1) is 13.1. The third-order valence-electron chi connectivity index (χ3n) is 4.12. The van der Waals surface area contributed by atoms with Crippen molar-refractivity contribution in [2.24, 2.45) is 10.3 Å². The molecule has 0 radical (unpaired) electrons. The van der Waals surface area contributed by atoms with Crippen LogP contribution in [0, 0.1) is 5.92 Å². The van der Waals surface area contributed by atoms with Crippen LogP contribution in [0.3, 0.4) is 0 Å². The van der Waals surface area contributed by atoms with E-state index in [2.05, 4.69) is 24.0 Å². The number of carbonyl (C=O) groups excluding carboxylic acids is 1. The van der Waals surface area contributed by atoms with E-state index in [0.717, 1.165) is 12.8 Å². The van der Waals surface area contributed by atoms with E-state index in [1.807, 2.05) is 0 Å². The van der Waals surface area contributed by atoms with E-state index < -0.39 is 27.7 Å². The summed E-state index contributed by atoms with van der Waals surface area (Å²) in [6.45, 7) is 0. The molecule has 3 aromatic heterocycles. The van der Waals surface area contributed by atoms with Crippen molar-refractivity contribution >= 4 is 21.3 Å². The number of pyridine rings is 1. The molecule has 1 aliphatic rings. The Morgan fingerprint density at radius 2 is 2.14 bits per heavy atom. The second-order valence-corrected chi connectivity index (χ2v) is 9.13. The largest absolute Gasteiger partial charge is 0.471 e. The zero-order chi connectivity index (χ0) is 20.1. The first kappa shape index (κ1) is 18.6. The summed E-state index contributed by atoms with van der Waals surface area (Å²) in [7, 11) is -2.63. The van der Waals surface area contributed by atoms with Gasteiger partial charge in [0, 0.05) is 30.0 Å². The molecule has 148 valence electrons. The Hall–Kier alpha value is -2.76. The van der Waals surface area contributed by atoms with E-state index in [9.17, 15) is 22.2 Å². The van der Waals surface area contributed by atoms with E-state index in [-0.39, 0.29) is 22.7 Å². The van der Waals surface area contributed by atoms with Gasteiger partial charge in [-0.15, -0.1) is 0 Å². The zero-order valence-electron chi connectivity index (χ0n) is 14.5. The summed E-state index contributed by atoms with van der Waals surface area (Å²) in [5.41, 5.74) is 0.507. The number of imidazole rings is 1. The summed E-state index contributed by atoms with van der Waals surface area (Å²) in [6.07, 6.45) is 1.61. The molecule has 1 amide bonds. The number of rotatable bonds is 4. The van der Waals surface area contributed by atoms with Gasteiger partial charge in [0.05, 0.1) is 9.73 Å². The maximum atomic E-state index is 12.6. The monoisotopic (exact) mass is 413 g/mol. The van der Waals surface area contributed by atoms with E-state index >= 15 is 0 Å². The highest BCUT2D eigenvalue weighted by molar-refractivity contribution is 7.93. The summed E-state index contributed by atoms with van der Waals surface area (Å²) in [4.78, 5) is 19.8. The standard InChI is InChI=1S/C16H14F3N5O3S/c1-28(26,8-9-2-3-9)23-14(25)11-7-24-5-4-10(6-12(24)20-11)13-21-15(27-22-13)16(17,18)19/h4-7,9H,2-3,8H2,1H3. The quantitative estimate of drug-likeness (QED) is 0.651. The van der Waals surface area contributed by atoms with Crippen LogP contribution in [0.2, 0.25) is 0 Å². The number of hydrogen-bond acceptors (Lipinski definition) is 6. The molecule has 1 saturated carbocycles. The second-order valence-electron chi connectivity index (χ2n) is 6.69. The minimum Gasteiger partial charge on any atom is -0.329 e. The average Bonchev–Trinajstić information content (AvgIpc) is 3.12. The molecule has 28 heavy (non-hydrogen) atoms. The molecule has 1 atom stereocenters. The van der Waals surface area contributed by atoms with Gasteiger partial charge in [-0.25, -0.2) is 9.19 Å². The molecule has 12 heteroatoms. The molecular weight excluding hydrogens is 399 g/mol. The van der Waals surface area contributed by atoms with Gasteiger partial charge < -0.3 is 8.92 Å². The predicted octanol–water partition coefficient (Wildman–Crippen LogP) is 3.05. The van der Waals surface area contributed by atoms with Crippen LogP contribution in [0.15, 0.2) is 33.4 Å². The molecule has 1 fully saturated rings. The number of nitrogens with zero attached hydrogens (tertiary/aromatic N) is 5. The Bertz CT molecular complexity index is 1190. The van der Waals surface area contributed by atoms with Crippen molar-refractivity contribution in [2.45, 2.75) is 19.0 Å². The summed E-state index contributed by atoms with van der Waals surface area (Å²) in [5, 5.41) is 3.32. The highest BCUT2D eigenvalue weighted by Gasteiger charge is 2.38. The third kappa shape index (κ3) is 3.91. The van der Waals surface area contributed by atoms with E-state index in [1.165, 1.54) is 35.2 Å². The molecular formula is C16H14F3N5O3S. The average molecular weight is 413 g/mol. The van der Waals surface area contributed by atoms with Crippen LogP contribution < -0.4 is 0 Å². The fourth-order valence-corrected chi connectivity index (χ4v) is 4.39. The molecule has 1 unspecified atom stereocenters. The van der Waals surface area contributed by atoms with Gasteiger partial charge in [0.2, 0.25) is 5.82 Å². The van der Waals surface area contributed by atoms with Crippen molar-refractivity contribution in [2.75, 3.05) is 12.0 Å². The molecule has 1 aliphatic carbocycles. The van der Waals surface area contributed by atoms with Crippen LogP contribution in [0.5, 0.6) is 0 Å². The van der Waals surface area contributed by atoms with Gasteiger partial charge in [-0.2, -0.15) is 22.5 Å². The Kier molecular flexibility index (Phi) is 4.25.